The first kappa shape index (κ1) is 20.6. The zero-order valence-corrected chi connectivity index (χ0v) is 16.0. The molecular weight excluding hydrogens is 421 g/mol. The summed E-state index contributed by atoms with van der Waals surface area (Å²) < 4.78 is 23.2. The number of hydrogen-bond donors (Lipinski definition) is 1. The first-order valence-electron chi connectivity index (χ1n) is 7.94. The van der Waals surface area contributed by atoms with E-state index in [0.29, 0.717) is 4.47 Å². The molecule has 0 radical (unpaired) electrons. The van der Waals surface area contributed by atoms with E-state index < -0.39 is 36.3 Å². The second-order valence-electron chi connectivity index (χ2n) is 5.53. The molecule has 8 heteroatoms. The number of methoxy groups -OCH3 is 1. The van der Waals surface area contributed by atoms with Crippen LogP contribution in [-0.2, 0) is 25.5 Å². The molecule has 1 amide bonds. The fraction of sp³-hybridized carbons (Fsp3) is 0.211. The average Bonchev–Trinajstić information content (AvgIpc) is 2.67. The van der Waals surface area contributed by atoms with Gasteiger partial charge in [-0.25, -0.2) is 14.0 Å². The molecule has 2 rings (SSSR count). The van der Waals surface area contributed by atoms with Gasteiger partial charge in [0.15, 0.2) is 6.61 Å². The van der Waals surface area contributed by atoms with Crippen LogP contribution in [-0.4, -0.2) is 37.6 Å². The van der Waals surface area contributed by atoms with Gasteiger partial charge in [-0.2, -0.15) is 0 Å². The second kappa shape index (κ2) is 9.82. The summed E-state index contributed by atoms with van der Waals surface area (Å²) in [4.78, 5) is 36.0. The Labute approximate surface area is 163 Å². The number of esters is 2. The van der Waals surface area contributed by atoms with E-state index >= 15 is 0 Å². The molecule has 27 heavy (non-hydrogen) atoms. The molecule has 2 aromatic rings. The van der Waals surface area contributed by atoms with E-state index in [1.807, 2.05) is 30.3 Å². The van der Waals surface area contributed by atoms with Crippen molar-refractivity contribution in [2.45, 2.75) is 12.5 Å². The quantitative estimate of drug-likeness (QED) is 0.673. The van der Waals surface area contributed by atoms with Crippen LogP contribution in [0.15, 0.2) is 53.0 Å². The monoisotopic (exact) mass is 437 g/mol. The van der Waals surface area contributed by atoms with Gasteiger partial charge in [0.1, 0.15) is 11.9 Å². The minimum absolute atomic E-state index is 0.0448. The molecule has 1 atom stereocenters. The van der Waals surface area contributed by atoms with Crippen LogP contribution < -0.4 is 5.32 Å². The van der Waals surface area contributed by atoms with Crippen molar-refractivity contribution in [1.82, 2.24) is 5.32 Å². The fourth-order valence-corrected chi connectivity index (χ4v) is 2.69. The third-order valence-corrected chi connectivity index (χ3v) is 4.28. The van der Waals surface area contributed by atoms with Gasteiger partial charge in [0.2, 0.25) is 0 Å². The molecular formula is C19H17BrFNO5. The maximum absolute atomic E-state index is 13.3. The van der Waals surface area contributed by atoms with Gasteiger partial charge in [-0.05, 0) is 39.7 Å². The molecule has 0 aliphatic rings. The summed E-state index contributed by atoms with van der Waals surface area (Å²) in [5, 5.41) is 2.47. The van der Waals surface area contributed by atoms with E-state index in [-0.39, 0.29) is 12.0 Å². The highest BCUT2D eigenvalue weighted by atomic mass is 79.9. The number of hydrogen-bond acceptors (Lipinski definition) is 5. The van der Waals surface area contributed by atoms with Crippen molar-refractivity contribution < 1.29 is 28.2 Å². The van der Waals surface area contributed by atoms with E-state index in [4.69, 9.17) is 9.47 Å². The van der Waals surface area contributed by atoms with Crippen molar-refractivity contribution >= 4 is 33.8 Å². The maximum atomic E-state index is 13.3. The SMILES string of the molecule is COC(=O)C(Cc1ccccc1)NC(=O)COC(=O)c1cc(F)ccc1Br. The average molecular weight is 438 g/mol. The first-order chi connectivity index (χ1) is 12.9. The Hall–Kier alpha value is -2.74. The van der Waals surface area contributed by atoms with Crippen molar-refractivity contribution in [2.75, 3.05) is 13.7 Å². The lowest BCUT2D eigenvalue weighted by molar-refractivity contribution is -0.145. The van der Waals surface area contributed by atoms with Gasteiger partial charge in [0.05, 0.1) is 12.7 Å². The summed E-state index contributed by atoms with van der Waals surface area (Å²) in [5.74, 6) is -2.77. The van der Waals surface area contributed by atoms with E-state index in [1.165, 1.54) is 19.2 Å². The molecule has 0 fully saturated rings. The van der Waals surface area contributed by atoms with Crippen LogP contribution in [0.5, 0.6) is 0 Å². The normalized spacial score (nSPS) is 11.4. The van der Waals surface area contributed by atoms with Crippen molar-refractivity contribution in [3.63, 3.8) is 0 Å². The highest BCUT2D eigenvalue weighted by Gasteiger charge is 2.23. The minimum atomic E-state index is -0.926. The molecule has 0 spiro atoms. The third kappa shape index (κ3) is 6.18. The summed E-state index contributed by atoms with van der Waals surface area (Å²) >= 11 is 3.11. The largest absolute Gasteiger partial charge is 0.467 e. The summed E-state index contributed by atoms with van der Waals surface area (Å²) in [6.45, 7) is -0.621. The topological polar surface area (TPSA) is 81.7 Å². The Morgan fingerprint density at radius 2 is 1.85 bits per heavy atom. The van der Waals surface area contributed by atoms with Gasteiger partial charge in [-0.3, -0.25) is 4.79 Å². The number of nitrogens with one attached hydrogen (secondary N) is 1. The Morgan fingerprint density at radius 3 is 2.52 bits per heavy atom. The first-order valence-corrected chi connectivity index (χ1v) is 8.73. The van der Waals surface area contributed by atoms with Gasteiger partial charge >= 0.3 is 11.9 Å². The third-order valence-electron chi connectivity index (χ3n) is 3.59. The van der Waals surface area contributed by atoms with Crippen molar-refractivity contribution in [1.29, 1.82) is 0 Å². The van der Waals surface area contributed by atoms with Gasteiger partial charge in [0, 0.05) is 10.9 Å². The van der Waals surface area contributed by atoms with Crippen molar-refractivity contribution in [3.05, 3.63) is 69.9 Å². The minimum Gasteiger partial charge on any atom is -0.467 e. The Bertz CT molecular complexity index is 828. The van der Waals surface area contributed by atoms with Gasteiger partial charge in [-0.1, -0.05) is 30.3 Å². The molecule has 142 valence electrons. The van der Waals surface area contributed by atoms with Gasteiger partial charge in [0.25, 0.3) is 5.91 Å². The van der Waals surface area contributed by atoms with Crippen molar-refractivity contribution in [3.8, 4) is 0 Å². The molecule has 0 aromatic heterocycles. The lowest BCUT2D eigenvalue weighted by Crippen LogP contribution is -2.44. The number of carbonyl (C=O) groups excluding carboxylic acids is 3. The molecule has 0 heterocycles. The van der Waals surface area contributed by atoms with E-state index in [0.717, 1.165) is 11.6 Å². The van der Waals surface area contributed by atoms with Crippen LogP contribution in [0.25, 0.3) is 0 Å². The van der Waals surface area contributed by atoms with Crippen LogP contribution in [0.1, 0.15) is 15.9 Å². The Morgan fingerprint density at radius 1 is 1.15 bits per heavy atom. The lowest BCUT2D eigenvalue weighted by Gasteiger charge is -2.16. The van der Waals surface area contributed by atoms with Crippen LogP contribution in [0.4, 0.5) is 4.39 Å². The molecule has 0 aliphatic heterocycles. The molecule has 0 aliphatic carbocycles. The van der Waals surface area contributed by atoms with Gasteiger partial charge in [-0.15, -0.1) is 0 Å². The number of benzene rings is 2. The molecule has 1 N–H and O–H groups in total. The summed E-state index contributed by atoms with van der Waals surface area (Å²) in [6.07, 6.45) is 0.225. The lowest BCUT2D eigenvalue weighted by atomic mass is 10.1. The van der Waals surface area contributed by atoms with E-state index in [9.17, 15) is 18.8 Å². The predicted octanol–water partition coefficient (Wildman–Crippen LogP) is 2.65. The molecule has 1 unspecified atom stereocenters. The number of amides is 1. The van der Waals surface area contributed by atoms with Crippen LogP contribution >= 0.6 is 15.9 Å². The predicted molar refractivity (Wildman–Crippen MR) is 98.5 cm³/mol. The summed E-state index contributed by atoms with van der Waals surface area (Å²) in [6, 6.07) is 11.7. The smallest absolute Gasteiger partial charge is 0.339 e. The number of halogens is 2. The van der Waals surface area contributed by atoms with E-state index in [1.54, 1.807) is 0 Å². The zero-order valence-electron chi connectivity index (χ0n) is 14.4. The highest BCUT2D eigenvalue weighted by Crippen LogP contribution is 2.18. The Kier molecular flexibility index (Phi) is 7.48. The standard InChI is InChI=1S/C19H17BrFNO5/c1-26-19(25)16(9-12-5-3-2-4-6-12)22-17(23)11-27-18(24)14-10-13(21)7-8-15(14)20/h2-8,10,16H,9,11H2,1H3,(H,22,23). The zero-order chi connectivity index (χ0) is 19.8. The van der Waals surface area contributed by atoms with Crippen LogP contribution in [0.2, 0.25) is 0 Å². The van der Waals surface area contributed by atoms with Crippen molar-refractivity contribution in [2.24, 2.45) is 0 Å². The number of carbonyl (C=O) groups is 3. The van der Waals surface area contributed by atoms with Crippen LogP contribution in [0.3, 0.4) is 0 Å². The van der Waals surface area contributed by atoms with Gasteiger partial charge < -0.3 is 14.8 Å². The molecule has 0 saturated heterocycles. The molecule has 6 nitrogen and oxygen atoms in total. The Balaban J connectivity index is 1.96. The maximum Gasteiger partial charge on any atom is 0.339 e. The van der Waals surface area contributed by atoms with E-state index in [2.05, 4.69) is 21.2 Å². The molecule has 2 aromatic carbocycles. The molecule has 0 bridgehead atoms. The van der Waals surface area contributed by atoms with Crippen LogP contribution in [0, 0.1) is 5.82 Å². The summed E-state index contributed by atoms with van der Waals surface area (Å²) in [7, 11) is 1.22. The summed E-state index contributed by atoms with van der Waals surface area (Å²) in [5.41, 5.74) is 0.783. The molecule has 0 saturated carbocycles. The second-order valence-corrected chi connectivity index (χ2v) is 6.39. The number of ether oxygens (including phenoxy) is 2. The highest BCUT2D eigenvalue weighted by molar-refractivity contribution is 9.10. The number of rotatable bonds is 7. The fourth-order valence-electron chi connectivity index (χ4n) is 2.28.